The van der Waals surface area contributed by atoms with Gasteiger partial charge in [0.05, 0.1) is 0 Å². The van der Waals surface area contributed by atoms with E-state index in [0.29, 0.717) is 16.9 Å². The van der Waals surface area contributed by atoms with Crippen molar-refractivity contribution in [3.63, 3.8) is 0 Å². The first-order valence-electron chi connectivity index (χ1n) is 9.52. The van der Waals surface area contributed by atoms with E-state index in [9.17, 15) is 14.1 Å². The molecule has 4 aromatic rings. The van der Waals surface area contributed by atoms with E-state index in [1.165, 1.54) is 6.08 Å². The zero-order valence-corrected chi connectivity index (χ0v) is 17.3. The average molecular weight is 430 g/mol. The second-order valence-corrected chi connectivity index (χ2v) is 8.30. The summed E-state index contributed by atoms with van der Waals surface area (Å²) in [6.07, 6.45) is 5.52. The molecule has 0 aliphatic carbocycles. The Morgan fingerprint density at radius 3 is 2.74 bits per heavy atom. The largest absolute Gasteiger partial charge is 0.611 e. The third kappa shape index (κ3) is 4.42. The van der Waals surface area contributed by atoms with E-state index in [-0.39, 0.29) is 11.7 Å². The summed E-state index contributed by atoms with van der Waals surface area (Å²) >= 11 is -1.37. The van der Waals surface area contributed by atoms with Crippen LogP contribution in [-0.4, -0.2) is 32.5 Å². The van der Waals surface area contributed by atoms with Crippen LogP contribution in [0.5, 0.6) is 0 Å². The zero-order chi connectivity index (χ0) is 21.8. The number of nitrogens with zero attached hydrogens (tertiary/aromatic N) is 1. The second kappa shape index (κ2) is 8.99. The Bertz CT molecular complexity index is 1280. The van der Waals surface area contributed by atoms with Crippen LogP contribution in [0.1, 0.15) is 0 Å². The van der Waals surface area contributed by atoms with Gasteiger partial charge in [-0.15, -0.1) is 0 Å². The van der Waals surface area contributed by atoms with Gasteiger partial charge < -0.3 is 14.9 Å². The van der Waals surface area contributed by atoms with Crippen molar-refractivity contribution in [3.8, 4) is 22.3 Å². The van der Waals surface area contributed by atoms with Gasteiger partial charge in [0.2, 0.25) is 5.91 Å². The van der Waals surface area contributed by atoms with Crippen LogP contribution < -0.4 is 5.32 Å². The molecule has 1 atom stereocenters. The van der Waals surface area contributed by atoms with Gasteiger partial charge in [0.1, 0.15) is 5.65 Å². The summed E-state index contributed by atoms with van der Waals surface area (Å²) in [4.78, 5) is 30.6. The molecule has 0 bridgehead atoms. The minimum absolute atomic E-state index is 0.0260. The Morgan fingerprint density at radius 1 is 1.13 bits per heavy atom. The Hall–Kier alpha value is -3.68. The van der Waals surface area contributed by atoms with E-state index in [1.54, 1.807) is 12.3 Å². The predicted octanol–water partition coefficient (Wildman–Crippen LogP) is 4.33. The highest BCUT2D eigenvalue weighted by molar-refractivity contribution is 7.92. The molecular formula is C24H19N3O3S. The van der Waals surface area contributed by atoms with Crippen LogP contribution in [0.3, 0.4) is 0 Å². The van der Waals surface area contributed by atoms with E-state index in [0.717, 1.165) is 33.3 Å². The Kier molecular flexibility index (Phi) is 5.97. The number of fused-ring (bicyclic) bond motifs is 1. The van der Waals surface area contributed by atoms with Crippen LogP contribution in [0.25, 0.3) is 33.3 Å². The standard InChI is InChI=1S/C24H19N3O3S/c1-2-23(29)27-19-7-3-5-16(11-19)18-13-21-22(15-26-24(21)25-14-18)17-6-4-8-20(12-17)31(30)10-9-28/h2-9,11-15H,1,10H2,(H,25,26)(H,27,29). The topological polar surface area (TPSA) is 97.9 Å². The summed E-state index contributed by atoms with van der Waals surface area (Å²) in [6.45, 7) is 3.47. The number of carbonyl (C=O) groups is 2. The molecule has 154 valence electrons. The van der Waals surface area contributed by atoms with Gasteiger partial charge in [-0.25, -0.2) is 4.98 Å². The van der Waals surface area contributed by atoms with Gasteiger partial charge in [-0.1, -0.05) is 30.8 Å². The number of carbonyl (C=O) groups excluding carboxylic acids is 2. The smallest absolute Gasteiger partial charge is 0.247 e. The predicted molar refractivity (Wildman–Crippen MR) is 123 cm³/mol. The fourth-order valence-corrected chi connectivity index (χ4v) is 4.14. The molecular weight excluding hydrogens is 410 g/mol. The van der Waals surface area contributed by atoms with Crippen molar-refractivity contribution in [2.24, 2.45) is 0 Å². The van der Waals surface area contributed by atoms with E-state index >= 15 is 0 Å². The molecule has 0 saturated heterocycles. The zero-order valence-electron chi connectivity index (χ0n) is 16.5. The number of pyridine rings is 1. The number of nitrogens with one attached hydrogen (secondary N) is 2. The van der Waals surface area contributed by atoms with Crippen molar-refractivity contribution in [2.75, 3.05) is 11.1 Å². The highest BCUT2D eigenvalue weighted by atomic mass is 32.2. The van der Waals surface area contributed by atoms with Crippen molar-refractivity contribution < 1.29 is 14.1 Å². The maximum absolute atomic E-state index is 12.2. The fourth-order valence-electron chi connectivity index (χ4n) is 3.33. The molecule has 0 aliphatic rings. The van der Waals surface area contributed by atoms with Gasteiger partial charge in [-0.2, -0.15) is 0 Å². The summed E-state index contributed by atoms with van der Waals surface area (Å²) in [5.74, 6) is -0.299. The molecule has 4 rings (SSSR count). The quantitative estimate of drug-likeness (QED) is 0.260. The van der Waals surface area contributed by atoms with E-state index in [4.69, 9.17) is 0 Å². The molecule has 2 aromatic heterocycles. The highest BCUT2D eigenvalue weighted by Crippen LogP contribution is 2.32. The lowest BCUT2D eigenvalue weighted by Crippen LogP contribution is -2.07. The van der Waals surface area contributed by atoms with Crippen molar-refractivity contribution in [3.05, 3.63) is 79.6 Å². The number of amides is 1. The van der Waals surface area contributed by atoms with Crippen molar-refractivity contribution in [1.29, 1.82) is 0 Å². The summed E-state index contributed by atoms with van der Waals surface area (Å²) in [5.41, 5.74) is 5.00. The summed E-state index contributed by atoms with van der Waals surface area (Å²) in [5, 5.41) is 3.67. The minimum atomic E-state index is -1.37. The fraction of sp³-hybridized carbons (Fsp3) is 0.0417. The molecule has 0 radical (unpaired) electrons. The Balaban J connectivity index is 1.73. The third-order valence-corrected chi connectivity index (χ3v) is 6.03. The lowest BCUT2D eigenvalue weighted by atomic mass is 10.0. The van der Waals surface area contributed by atoms with Crippen LogP contribution in [-0.2, 0) is 20.8 Å². The van der Waals surface area contributed by atoms with Crippen LogP contribution in [0.4, 0.5) is 5.69 Å². The lowest BCUT2D eigenvalue weighted by molar-refractivity contribution is -0.112. The summed E-state index contributed by atoms with van der Waals surface area (Å²) in [7, 11) is 0. The first-order chi connectivity index (χ1) is 15.1. The van der Waals surface area contributed by atoms with Gasteiger partial charge in [-0.3, -0.25) is 9.59 Å². The van der Waals surface area contributed by atoms with Gasteiger partial charge in [0, 0.05) is 40.7 Å². The molecule has 7 heteroatoms. The first-order valence-corrected chi connectivity index (χ1v) is 10.8. The van der Waals surface area contributed by atoms with Crippen molar-refractivity contribution in [2.45, 2.75) is 4.90 Å². The number of H-pyrrole nitrogens is 1. The third-order valence-electron chi connectivity index (χ3n) is 4.81. The molecule has 0 saturated carbocycles. The molecule has 2 N–H and O–H groups in total. The molecule has 2 heterocycles. The maximum Gasteiger partial charge on any atom is 0.247 e. The number of aromatic nitrogens is 2. The number of aromatic amines is 1. The van der Waals surface area contributed by atoms with Gasteiger partial charge in [-0.05, 0) is 52.6 Å². The van der Waals surface area contributed by atoms with E-state index < -0.39 is 11.2 Å². The molecule has 0 spiro atoms. The molecule has 31 heavy (non-hydrogen) atoms. The second-order valence-electron chi connectivity index (χ2n) is 6.80. The first kappa shape index (κ1) is 20.6. The molecule has 1 amide bonds. The van der Waals surface area contributed by atoms with E-state index in [1.807, 2.05) is 54.7 Å². The summed E-state index contributed by atoms with van der Waals surface area (Å²) < 4.78 is 12.2. The molecule has 0 fully saturated rings. The number of hydrogen-bond donors (Lipinski definition) is 2. The van der Waals surface area contributed by atoms with E-state index in [2.05, 4.69) is 21.9 Å². The van der Waals surface area contributed by atoms with Crippen LogP contribution in [0.15, 0.2) is 84.5 Å². The number of aldehydes is 1. The molecule has 2 aromatic carbocycles. The van der Waals surface area contributed by atoms with Crippen LogP contribution in [0, 0.1) is 0 Å². The normalized spacial score (nSPS) is 11.8. The number of rotatable bonds is 7. The number of hydrogen-bond acceptors (Lipinski definition) is 4. The Labute approximate surface area is 182 Å². The summed E-state index contributed by atoms with van der Waals surface area (Å²) in [6, 6.07) is 16.9. The maximum atomic E-state index is 12.2. The Morgan fingerprint density at radius 2 is 1.94 bits per heavy atom. The van der Waals surface area contributed by atoms with Crippen LogP contribution >= 0.6 is 0 Å². The van der Waals surface area contributed by atoms with Gasteiger partial charge in [0.25, 0.3) is 0 Å². The van der Waals surface area contributed by atoms with Gasteiger partial charge in [0.15, 0.2) is 16.9 Å². The SMILES string of the molecule is C=CC(=O)Nc1cccc(-c2cnc3[nH]cc(-c4cccc([S+]([O-])CC=O)c4)c3c2)c1. The number of benzene rings is 2. The highest BCUT2D eigenvalue weighted by Gasteiger charge is 2.14. The molecule has 6 nitrogen and oxygen atoms in total. The van der Waals surface area contributed by atoms with Crippen molar-refractivity contribution in [1.82, 2.24) is 9.97 Å². The molecule has 1 unspecified atom stereocenters. The monoisotopic (exact) mass is 429 g/mol. The molecule has 0 aliphatic heterocycles. The van der Waals surface area contributed by atoms with Crippen molar-refractivity contribution >= 4 is 40.1 Å². The lowest BCUT2D eigenvalue weighted by Gasteiger charge is -2.09. The van der Waals surface area contributed by atoms with Crippen LogP contribution in [0.2, 0.25) is 0 Å². The average Bonchev–Trinajstić information content (AvgIpc) is 3.23. The minimum Gasteiger partial charge on any atom is -0.611 e. The van der Waals surface area contributed by atoms with Gasteiger partial charge >= 0.3 is 0 Å². The number of anilines is 1.